The highest BCUT2D eigenvalue weighted by Gasteiger charge is 2.08. The van der Waals surface area contributed by atoms with Crippen LogP contribution in [0.3, 0.4) is 0 Å². The largest absolute Gasteiger partial charge is 0.299 e. The van der Waals surface area contributed by atoms with E-state index in [0.717, 1.165) is 11.4 Å². The van der Waals surface area contributed by atoms with Crippen molar-refractivity contribution in [3.8, 4) is 11.4 Å². The summed E-state index contributed by atoms with van der Waals surface area (Å²) < 4.78 is 13.5. The molecule has 0 spiro atoms. The van der Waals surface area contributed by atoms with Crippen LogP contribution < -0.4 is 0 Å². The maximum atomic E-state index is 11.1. The number of nitrogens with zero attached hydrogens (tertiary/aromatic N) is 3. The van der Waals surface area contributed by atoms with E-state index in [1.807, 2.05) is 16.7 Å². The highest BCUT2D eigenvalue weighted by atomic mass is 32.2. The molecule has 0 aliphatic rings. The summed E-state index contributed by atoms with van der Waals surface area (Å²) in [4.78, 5) is 4.05. The van der Waals surface area contributed by atoms with E-state index in [1.54, 1.807) is 18.6 Å². The molecular formula is C10H12N4OS2. The van der Waals surface area contributed by atoms with Crippen LogP contribution in [0.25, 0.3) is 11.4 Å². The lowest BCUT2D eigenvalue weighted by molar-refractivity contribution is 0.676. The summed E-state index contributed by atoms with van der Waals surface area (Å²) in [5, 5.41) is 6.92. The van der Waals surface area contributed by atoms with E-state index in [2.05, 4.69) is 15.2 Å². The maximum absolute atomic E-state index is 11.1. The van der Waals surface area contributed by atoms with Crippen LogP contribution in [0.5, 0.6) is 0 Å². The van der Waals surface area contributed by atoms with Gasteiger partial charge in [-0.05, 0) is 24.4 Å². The van der Waals surface area contributed by atoms with Gasteiger partial charge in [-0.3, -0.25) is 18.9 Å². The van der Waals surface area contributed by atoms with Gasteiger partial charge in [-0.15, -0.1) is 0 Å². The van der Waals surface area contributed by atoms with Gasteiger partial charge >= 0.3 is 0 Å². The average molecular weight is 268 g/mol. The Kier molecular flexibility index (Phi) is 3.80. The van der Waals surface area contributed by atoms with Gasteiger partial charge in [0.05, 0.1) is 0 Å². The maximum Gasteiger partial charge on any atom is 0.195 e. The molecule has 0 aliphatic carbocycles. The Bertz CT molecular complexity index is 575. The summed E-state index contributed by atoms with van der Waals surface area (Å²) in [5.74, 6) is 1.29. The van der Waals surface area contributed by atoms with E-state index in [1.165, 1.54) is 0 Å². The first kappa shape index (κ1) is 12.1. The third kappa shape index (κ3) is 2.86. The number of hydrogen-bond acceptors (Lipinski definition) is 4. The molecule has 0 saturated heterocycles. The van der Waals surface area contributed by atoms with Crippen molar-refractivity contribution in [2.24, 2.45) is 0 Å². The number of aromatic nitrogens is 4. The molecule has 0 radical (unpaired) electrons. The average Bonchev–Trinajstić information content (AvgIpc) is 2.69. The first-order valence-corrected chi connectivity index (χ1v) is 7.17. The van der Waals surface area contributed by atoms with Gasteiger partial charge in [0.1, 0.15) is 0 Å². The van der Waals surface area contributed by atoms with Gasteiger partial charge in [-0.2, -0.15) is 5.10 Å². The predicted octanol–water partition coefficient (Wildman–Crippen LogP) is 1.38. The molecular weight excluding hydrogens is 256 g/mol. The Morgan fingerprint density at radius 1 is 1.59 bits per heavy atom. The first-order chi connectivity index (χ1) is 8.18. The fourth-order valence-corrected chi connectivity index (χ4v) is 2.12. The second kappa shape index (κ2) is 5.33. The highest BCUT2D eigenvalue weighted by Crippen LogP contribution is 2.15. The van der Waals surface area contributed by atoms with E-state index >= 15 is 0 Å². The van der Waals surface area contributed by atoms with Crippen molar-refractivity contribution in [2.75, 3.05) is 12.0 Å². The summed E-state index contributed by atoms with van der Waals surface area (Å²) in [6.45, 7) is 0.586. The van der Waals surface area contributed by atoms with Crippen molar-refractivity contribution in [3.05, 3.63) is 29.3 Å². The summed E-state index contributed by atoms with van der Waals surface area (Å²) in [6.07, 6.45) is 5.11. The molecule has 17 heavy (non-hydrogen) atoms. The van der Waals surface area contributed by atoms with Crippen LogP contribution >= 0.6 is 12.2 Å². The number of rotatable bonds is 4. The smallest absolute Gasteiger partial charge is 0.195 e. The summed E-state index contributed by atoms with van der Waals surface area (Å²) in [6, 6.07) is 3.76. The van der Waals surface area contributed by atoms with Crippen molar-refractivity contribution >= 4 is 23.0 Å². The van der Waals surface area contributed by atoms with Crippen LogP contribution in [0, 0.1) is 4.77 Å². The van der Waals surface area contributed by atoms with Gasteiger partial charge in [0.15, 0.2) is 10.6 Å². The third-order valence-electron chi connectivity index (χ3n) is 2.28. The van der Waals surface area contributed by atoms with Crippen LogP contribution in [0.2, 0.25) is 0 Å². The van der Waals surface area contributed by atoms with Gasteiger partial charge in [-0.25, -0.2) is 0 Å². The Morgan fingerprint density at radius 2 is 2.41 bits per heavy atom. The normalized spacial score (nSPS) is 12.5. The summed E-state index contributed by atoms with van der Waals surface area (Å²) >= 11 is 5.15. The molecule has 1 atom stereocenters. The van der Waals surface area contributed by atoms with Crippen LogP contribution in [-0.4, -0.2) is 36.0 Å². The van der Waals surface area contributed by atoms with E-state index < -0.39 is 10.8 Å². The molecule has 7 heteroatoms. The van der Waals surface area contributed by atoms with Gasteiger partial charge < -0.3 is 0 Å². The quantitative estimate of drug-likeness (QED) is 0.851. The number of hydrogen-bond donors (Lipinski definition) is 1. The summed E-state index contributed by atoms with van der Waals surface area (Å²) in [5.41, 5.74) is 0.890. The van der Waals surface area contributed by atoms with Gasteiger partial charge in [0.25, 0.3) is 0 Å². The van der Waals surface area contributed by atoms with Crippen molar-refractivity contribution in [1.29, 1.82) is 0 Å². The van der Waals surface area contributed by atoms with Crippen molar-refractivity contribution in [2.45, 2.75) is 6.54 Å². The SMILES string of the molecule is CS(=O)CCn1c(-c2cccnc2)n[nH]c1=S. The Labute approximate surface area is 106 Å². The molecule has 2 rings (SSSR count). The summed E-state index contributed by atoms with van der Waals surface area (Å²) in [7, 11) is -0.848. The minimum absolute atomic E-state index is 0.536. The lowest BCUT2D eigenvalue weighted by Crippen LogP contribution is -2.08. The lowest BCUT2D eigenvalue weighted by Gasteiger charge is -2.04. The molecule has 0 saturated carbocycles. The van der Waals surface area contributed by atoms with Crippen LogP contribution in [0.1, 0.15) is 0 Å². The number of H-pyrrole nitrogens is 1. The molecule has 2 aromatic rings. The topological polar surface area (TPSA) is 63.6 Å². The molecule has 2 heterocycles. The number of aromatic amines is 1. The molecule has 5 nitrogen and oxygen atoms in total. The number of nitrogens with one attached hydrogen (secondary N) is 1. The second-order valence-corrected chi connectivity index (χ2v) is 5.46. The molecule has 0 aromatic carbocycles. The third-order valence-corrected chi connectivity index (χ3v) is 3.35. The van der Waals surface area contributed by atoms with Crippen LogP contribution in [0.4, 0.5) is 0 Å². The lowest BCUT2D eigenvalue weighted by atomic mass is 10.3. The van der Waals surface area contributed by atoms with Crippen LogP contribution in [-0.2, 0) is 17.3 Å². The molecule has 90 valence electrons. The zero-order chi connectivity index (χ0) is 12.3. The zero-order valence-corrected chi connectivity index (χ0v) is 10.9. The van der Waals surface area contributed by atoms with Crippen LogP contribution in [0.15, 0.2) is 24.5 Å². The molecule has 1 unspecified atom stereocenters. The minimum atomic E-state index is -0.848. The minimum Gasteiger partial charge on any atom is -0.299 e. The molecule has 0 amide bonds. The predicted molar refractivity (Wildman–Crippen MR) is 69.6 cm³/mol. The molecule has 0 bridgehead atoms. The van der Waals surface area contributed by atoms with E-state index in [9.17, 15) is 4.21 Å². The Hall–Kier alpha value is -1.34. The van der Waals surface area contributed by atoms with Crippen molar-refractivity contribution in [1.82, 2.24) is 19.7 Å². The monoisotopic (exact) mass is 268 g/mol. The fraction of sp³-hybridized carbons (Fsp3) is 0.300. The number of pyridine rings is 1. The van der Waals surface area contributed by atoms with Gasteiger partial charge in [-0.1, -0.05) is 0 Å². The molecule has 0 aliphatic heterocycles. The Morgan fingerprint density at radius 3 is 3.06 bits per heavy atom. The Balaban J connectivity index is 2.36. The first-order valence-electron chi connectivity index (χ1n) is 5.04. The van der Waals surface area contributed by atoms with Gasteiger partial charge in [0.2, 0.25) is 0 Å². The van der Waals surface area contributed by atoms with E-state index in [4.69, 9.17) is 12.2 Å². The van der Waals surface area contributed by atoms with Gasteiger partial charge in [0, 0.05) is 47.3 Å². The second-order valence-electron chi connectivity index (χ2n) is 3.52. The fourth-order valence-electron chi connectivity index (χ4n) is 1.46. The van der Waals surface area contributed by atoms with E-state index in [0.29, 0.717) is 17.1 Å². The van der Waals surface area contributed by atoms with E-state index in [-0.39, 0.29) is 0 Å². The van der Waals surface area contributed by atoms with Crippen molar-refractivity contribution < 1.29 is 4.21 Å². The van der Waals surface area contributed by atoms with Crippen molar-refractivity contribution in [3.63, 3.8) is 0 Å². The molecule has 2 aromatic heterocycles. The standard InChI is InChI=1S/C10H12N4OS2/c1-17(15)6-5-14-9(12-13-10(14)16)8-3-2-4-11-7-8/h2-4,7H,5-6H2,1H3,(H,13,16). The molecule has 1 N–H and O–H groups in total. The zero-order valence-electron chi connectivity index (χ0n) is 9.29. The highest BCUT2D eigenvalue weighted by molar-refractivity contribution is 7.84. The molecule has 0 fully saturated rings.